The van der Waals surface area contributed by atoms with Crippen LogP contribution in [0.1, 0.15) is 11.1 Å². The largest absolute Gasteiger partial charge is 0.192 e. The summed E-state index contributed by atoms with van der Waals surface area (Å²) in [6.45, 7) is 1.94. The highest BCUT2D eigenvalue weighted by atomic mass is 35.5. The first kappa shape index (κ1) is 9.05. The summed E-state index contributed by atoms with van der Waals surface area (Å²) in [6.07, 6.45) is 0. The van der Waals surface area contributed by atoms with Crippen molar-refractivity contribution >= 4 is 22.4 Å². The minimum absolute atomic E-state index is 0.699. The van der Waals surface area contributed by atoms with Gasteiger partial charge < -0.3 is 0 Å². The van der Waals surface area contributed by atoms with Gasteiger partial charge in [-0.05, 0) is 41.5 Å². The van der Waals surface area contributed by atoms with E-state index in [1.807, 2.05) is 37.3 Å². The molecule has 0 N–H and O–H groups in total. The molecule has 2 rings (SSSR count). The van der Waals surface area contributed by atoms with Gasteiger partial charge in [0, 0.05) is 5.02 Å². The summed E-state index contributed by atoms with van der Waals surface area (Å²) < 4.78 is 0. The van der Waals surface area contributed by atoms with Crippen LogP contribution in [0, 0.1) is 18.3 Å². The summed E-state index contributed by atoms with van der Waals surface area (Å²) >= 11 is 5.87. The molecular formula is C12H8ClN. The summed E-state index contributed by atoms with van der Waals surface area (Å²) in [5.41, 5.74) is 1.71. The third-order valence-corrected chi connectivity index (χ3v) is 2.50. The maximum absolute atomic E-state index is 8.86. The molecule has 68 valence electrons. The van der Waals surface area contributed by atoms with E-state index in [-0.39, 0.29) is 0 Å². The molecule has 1 nitrogen and oxygen atoms in total. The van der Waals surface area contributed by atoms with Gasteiger partial charge in [-0.1, -0.05) is 23.7 Å². The molecule has 0 aliphatic rings. The highest BCUT2D eigenvalue weighted by Gasteiger charge is 2.00. The highest BCUT2D eigenvalue weighted by molar-refractivity contribution is 6.31. The van der Waals surface area contributed by atoms with Crippen LogP contribution in [0.15, 0.2) is 30.3 Å². The molecule has 0 heterocycles. The van der Waals surface area contributed by atoms with Crippen molar-refractivity contribution in [3.05, 3.63) is 46.5 Å². The molecule has 0 amide bonds. The first-order chi connectivity index (χ1) is 6.70. The van der Waals surface area contributed by atoms with E-state index < -0.39 is 0 Å². The fourth-order valence-corrected chi connectivity index (χ4v) is 1.68. The fourth-order valence-electron chi connectivity index (χ4n) is 1.50. The van der Waals surface area contributed by atoms with Crippen LogP contribution in [0.2, 0.25) is 5.02 Å². The van der Waals surface area contributed by atoms with E-state index in [4.69, 9.17) is 16.9 Å². The van der Waals surface area contributed by atoms with Gasteiger partial charge in [-0.3, -0.25) is 0 Å². The predicted molar refractivity (Wildman–Crippen MR) is 58.4 cm³/mol. The normalized spacial score (nSPS) is 10.1. The van der Waals surface area contributed by atoms with Crippen LogP contribution >= 0.6 is 11.6 Å². The fraction of sp³-hybridized carbons (Fsp3) is 0.0833. The number of nitriles is 1. The Morgan fingerprint density at radius 3 is 2.64 bits per heavy atom. The quantitative estimate of drug-likeness (QED) is 0.638. The number of fused-ring (bicyclic) bond motifs is 1. The number of hydrogen-bond acceptors (Lipinski definition) is 1. The van der Waals surface area contributed by atoms with Gasteiger partial charge in [-0.2, -0.15) is 5.26 Å². The van der Waals surface area contributed by atoms with Gasteiger partial charge in [-0.15, -0.1) is 0 Å². The molecule has 14 heavy (non-hydrogen) atoms. The average molecular weight is 202 g/mol. The van der Waals surface area contributed by atoms with E-state index in [9.17, 15) is 0 Å². The lowest BCUT2D eigenvalue weighted by atomic mass is 10.0. The van der Waals surface area contributed by atoms with Crippen molar-refractivity contribution in [2.45, 2.75) is 6.92 Å². The van der Waals surface area contributed by atoms with Crippen LogP contribution in [0.25, 0.3) is 10.8 Å². The van der Waals surface area contributed by atoms with Gasteiger partial charge in [0.05, 0.1) is 11.6 Å². The smallest absolute Gasteiger partial charge is 0.0994 e. The Kier molecular flexibility index (Phi) is 2.15. The Morgan fingerprint density at radius 1 is 1.14 bits per heavy atom. The second-order valence-electron chi connectivity index (χ2n) is 3.27. The first-order valence-corrected chi connectivity index (χ1v) is 4.68. The average Bonchev–Trinajstić information content (AvgIpc) is 2.17. The summed E-state index contributed by atoms with van der Waals surface area (Å²) in [5, 5.41) is 11.7. The Balaban J connectivity index is 2.82. The number of nitrogens with zero attached hydrogens (tertiary/aromatic N) is 1. The molecule has 2 aromatic carbocycles. The van der Waals surface area contributed by atoms with Crippen molar-refractivity contribution in [1.29, 1.82) is 5.26 Å². The Bertz CT molecular complexity index is 538. The van der Waals surface area contributed by atoms with E-state index in [2.05, 4.69) is 6.07 Å². The summed E-state index contributed by atoms with van der Waals surface area (Å²) in [6, 6.07) is 11.7. The second-order valence-corrected chi connectivity index (χ2v) is 3.71. The lowest BCUT2D eigenvalue weighted by molar-refractivity contribution is 1.42. The zero-order chi connectivity index (χ0) is 10.1. The summed E-state index contributed by atoms with van der Waals surface area (Å²) in [7, 11) is 0. The third-order valence-electron chi connectivity index (χ3n) is 2.27. The maximum atomic E-state index is 8.86. The van der Waals surface area contributed by atoms with Crippen LogP contribution in [0.4, 0.5) is 0 Å². The van der Waals surface area contributed by atoms with Crippen LogP contribution in [-0.4, -0.2) is 0 Å². The van der Waals surface area contributed by atoms with Crippen LogP contribution in [0.3, 0.4) is 0 Å². The van der Waals surface area contributed by atoms with E-state index >= 15 is 0 Å². The van der Waals surface area contributed by atoms with Crippen LogP contribution in [-0.2, 0) is 0 Å². The molecule has 0 aliphatic carbocycles. The SMILES string of the molecule is Cc1cc2ccc(Cl)cc2cc1C#N. The van der Waals surface area contributed by atoms with E-state index in [1.165, 1.54) is 0 Å². The number of aryl methyl sites for hydroxylation is 1. The zero-order valence-corrected chi connectivity index (χ0v) is 8.47. The molecule has 0 radical (unpaired) electrons. The summed E-state index contributed by atoms with van der Waals surface area (Å²) in [4.78, 5) is 0. The monoisotopic (exact) mass is 201 g/mol. The predicted octanol–water partition coefficient (Wildman–Crippen LogP) is 3.67. The van der Waals surface area contributed by atoms with Crippen molar-refractivity contribution in [3.63, 3.8) is 0 Å². The van der Waals surface area contributed by atoms with Crippen LogP contribution in [0.5, 0.6) is 0 Å². The van der Waals surface area contributed by atoms with Gasteiger partial charge in [0.25, 0.3) is 0 Å². The lowest BCUT2D eigenvalue weighted by Crippen LogP contribution is -1.82. The lowest BCUT2D eigenvalue weighted by Gasteiger charge is -2.02. The number of halogens is 1. The van der Waals surface area contributed by atoms with Gasteiger partial charge in [0.1, 0.15) is 0 Å². The van der Waals surface area contributed by atoms with Gasteiger partial charge in [0.15, 0.2) is 0 Å². The van der Waals surface area contributed by atoms with Crippen molar-refractivity contribution in [2.75, 3.05) is 0 Å². The molecule has 0 unspecified atom stereocenters. The number of benzene rings is 2. The molecule has 0 saturated carbocycles. The van der Waals surface area contributed by atoms with Crippen LogP contribution < -0.4 is 0 Å². The highest BCUT2D eigenvalue weighted by Crippen LogP contribution is 2.22. The Morgan fingerprint density at radius 2 is 1.93 bits per heavy atom. The molecule has 0 fully saturated rings. The van der Waals surface area contributed by atoms with Gasteiger partial charge >= 0.3 is 0 Å². The topological polar surface area (TPSA) is 23.8 Å². The molecule has 0 spiro atoms. The summed E-state index contributed by atoms with van der Waals surface area (Å²) in [5.74, 6) is 0. The van der Waals surface area contributed by atoms with E-state index in [0.717, 1.165) is 16.3 Å². The molecule has 2 heteroatoms. The van der Waals surface area contributed by atoms with Crippen molar-refractivity contribution < 1.29 is 0 Å². The number of hydrogen-bond donors (Lipinski definition) is 0. The van der Waals surface area contributed by atoms with E-state index in [0.29, 0.717) is 10.6 Å². The van der Waals surface area contributed by atoms with Gasteiger partial charge in [-0.25, -0.2) is 0 Å². The molecule has 0 aromatic heterocycles. The standard InChI is InChI=1S/C12H8ClN/c1-8-4-9-2-3-12(13)6-10(9)5-11(8)7-14/h2-6H,1H3. The number of rotatable bonds is 0. The maximum Gasteiger partial charge on any atom is 0.0994 e. The first-order valence-electron chi connectivity index (χ1n) is 4.31. The van der Waals surface area contributed by atoms with Crippen molar-refractivity contribution in [2.24, 2.45) is 0 Å². The van der Waals surface area contributed by atoms with Crippen molar-refractivity contribution in [3.8, 4) is 6.07 Å². The van der Waals surface area contributed by atoms with Crippen molar-refractivity contribution in [1.82, 2.24) is 0 Å². The minimum atomic E-state index is 0.699. The zero-order valence-electron chi connectivity index (χ0n) is 7.71. The molecule has 2 aromatic rings. The third kappa shape index (κ3) is 1.45. The Labute approximate surface area is 87.5 Å². The molecule has 0 atom stereocenters. The molecular weight excluding hydrogens is 194 g/mol. The Hall–Kier alpha value is -1.52. The van der Waals surface area contributed by atoms with E-state index in [1.54, 1.807) is 0 Å². The minimum Gasteiger partial charge on any atom is -0.192 e. The molecule has 0 aliphatic heterocycles. The second kappa shape index (κ2) is 3.32. The van der Waals surface area contributed by atoms with Gasteiger partial charge in [0.2, 0.25) is 0 Å². The molecule has 0 bridgehead atoms. The molecule has 0 saturated heterocycles.